The quantitative estimate of drug-likeness (QED) is 0.738. The molecule has 0 heterocycles. The van der Waals surface area contributed by atoms with E-state index >= 15 is 0 Å². The van der Waals surface area contributed by atoms with Crippen molar-refractivity contribution >= 4 is 31.6 Å². The number of benzene rings is 3. The van der Waals surface area contributed by atoms with Gasteiger partial charge < -0.3 is 5.11 Å². The van der Waals surface area contributed by atoms with E-state index in [9.17, 15) is 13.5 Å². The molecule has 0 bridgehead atoms. The predicted octanol–water partition coefficient (Wildman–Crippen LogP) is 4.09. The van der Waals surface area contributed by atoms with Gasteiger partial charge >= 0.3 is 0 Å². The van der Waals surface area contributed by atoms with Crippen molar-refractivity contribution in [2.45, 2.75) is 0 Å². The Morgan fingerprint density at radius 3 is 2.26 bits per heavy atom. The maximum atomic E-state index is 12.4. The number of phenolic OH excluding ortho intramolecular Hbond substituents is 1. The van der Waals surface area contributed by atoms with E-state index in [4.69, 9.17) is 0 Å². The van der Waals surface area contributed by atoms with Crippen molar-refractivity contribution in [3.63, 3.8) is 0 Å². The van der Waals surface area contributed by atoms with E-state index < -0.39 is 9.84 Å². The van der Waals surface area contributed by atoms with Gasteiger partial charge in [0, 0.05) is 11.8 Å². The lowest BCUT2D eigenvalue weighted by molar-refractivity contribution is 0.474. The van der Waals surface area contributed by atoms with Crippen LogP contribution in [0.15, 0.2) is 66.7 Å². The minimum absolute atomic E-state index is 0.0451. The molecule has 0 saturated carbocycles. The molecule has 0 aliphatic heterocycles. The Balaban J connectivity index is 2.36. The summed E-state index contributed by atoms with van der Waals surface area (Å²) in [5, 5.41) is 11.9. The molecular formula is C19H16O3S. The molecule has 3 aromatic rings. The van der Waals surface area contributed by atoms with Crippen LogP contribution < -0.4 is 0 Å². The first-order valence-electron chi connectivity index (χ1n) is 7.15. The number of aromatic hydroxyl groups is 1. The van der Waals surface area contributed by atoms with Crippen LogP contribution in [0, 0.1) is 0 Å². The summed E-state index contributed by atoms with van der Waals surface area (Å²) in [5.41, 5.74) is 1.11. The Labute approximate surface area is 135 Å². The van der Waals surface area contributed by atoms with Gasteiger partial charge in [0.1, 0.15) is 5.75 Å². The smallest absolute Gasteiger partial charge is 0.176 e. The Hall–Kier alpha value is -2.59. The molecule has 3 aromatic carbocycles. The molecule has 0 fully saturated rings. The maximum Gasteiger partial charge on any atom is 0.176 e. The fourth-order valence-corrected chi connectivity index (χ4v) is 3.52. The van der Waals surface area contributed by atoms with Crippen molar-refractivity contribution in [3.05, 3.63) is 77.9 Å². The maximum absolute atomic E-state index is 12.4. The first-order valence-corrected chi connectivity index (χ1v) is 9.04. The summed E-state index contributed by atoms with van der Waals surface area (Å²) in [6, 6.07) is 19.9. The van der Waals surface area contributed by atoms with Gasteiger partial charge in [-0.2, -0.15) is 0 Å². The standard InChI is InChI=1S/C19H16O3S/c1-23(21,22)18(13-14-7-3-2-4-8-14)19-16-10-6-5-9-15(16)11-12-17(19)20/h2-13,20H,1H3/b18-13+. The topological polar surface area (TPSA) is 54.4 Å². The van der Waals surface area contributed by atoms with Crippen LogP contribution in [0.4, 0.5) is 0 Å². The highest BCUT2D eigenvalue weighted by molar-refractivity contribution is 8.00. The van der Waals surface area contributed by atoms with Gasteiger partial charge in [-0.05, 0) is 28.5 Å². The second-order valence-corrected chi connectivity index (χ2v) is 7.36. The third-order valence-electron chi connectivity index (χ3n) is 3.65. The molecule has 3 nitrogen and oxygen atoms in total. The normalized spacial score (nSPS) is 12.5. The highest BCUT2D eigenvalue weighted by Crippen LogP contribution is 2.36. The summed E-state index contributed by atoms with van der Waals surface area (Å²) in [6.07, 6.45) is 2.75. The third-order valence-corrected chi connectivity index (χ3v) is 4.77. The molecule has 116 valence electrons. The van der Waals surface area contributed by atoms with Crippen molar-refractivity contribution in [1.82, 2.24) is 0 Å². The minimum atomic E-state index is -3.53. The SMILES string of the molecule is CS(=O)(=O)/C(=C/c1ccccc1)c1c(O)ccc2ccccc12. The van der Waals surface area contributed by atoms with E-state index in [1.54, 1.807) is 12.1 Å². The van der Waals surface area contributed by atoms with Crippen molar-refractivity contribution in [2.24, 2.45) is 0 Å². The molecule has 3 rings (SSSR count). The van der Waals surface area contributed by atoms with Gasteiger partial charge in [-0.25, -0.2) is 8.42 Å². The molecule has 0 amide bonds. The number of hydrogen-bond acceptors (Lipinski definition) is 3. The van der Waals surface area contributed by atoms with E-state index in [1.807, 2.05) is 54.6 Å². The predicted molar refractivity (Wildman–Crippen MR) is 94.8 cm³/mol. The van der Waals surface area contributed by atoms with Crippen molar-refractivity contribution < 1.29 is 13.5 Å². The summed E-state index contributed by atoms with van der Waals surface area (Å²) >= 11 is 0. The Morgan fingerprint density at radius 1 is 0.913 bits per heavy atom. The summed E-state index contributed by atoms with van der Waals surface area (Å²) in [7, 11) is -3.53. The summed E-state index contributed by atoms with van der Waals surface area (Å²) < 4.78 is 24.7. The lowest BCUT2D eigenvalue weighted by atomic mass is 10.0. The van der Waals surface area contributed by atoms with Crippen molar-refractivity contribution in [2.75, 3.05) is 6.26 Å². The number of sulfone groups is 1. The zero-order valence-corrected chi connectivity index (χ0v) is 13.4. The largest absolute Gasteiger partial charge is 0.507 e. The monoisotopic (exact) mass is 324 g/mol. The van der Waals surface area contributed by atoms with Crippen LogP contribution in [0.25, 0.3) is 21.8 Å². The van der Waals surface area contributed by atoms with E-state index in [-0.39, 0.29) is 10.7 Å². The molecule has 0 spiro atoms. The fourth-order valence-electron chi connectivity index (χ4n) is 2.58. The second kappa shape index (κ2) is 5.89. The summed E-state index contributed by atoms with van der Waals surface area (Å²) in [6.45, 7) is 0. The molecule has 0 atom stereocenters. The highest BCUT2D eigenvalue weighted by atomic mass is 32.2. The Kier molecular flexibility index (Phi) is 3.92. The zero-order valence-electron chi connectivity index (χ0n) is 12.6. The molecule has 0 radical (unpaired) electrons. The molecule has 1 N–H and O–H groups in total. The summed E-state index contributed by atoms with van der Waals surface area (Å²) in [5.74, 6) is -0.0451. The molecule has 0 aliphatic carbocycles. The van der Waals surface area contributed by atoms with Gasteiger partial charge in [-0.1, -0.05) is 60.7 Å². The Bertz CT molecular complexity index is 988. The minimum Gasteiger partial charge on any atom is -0.507 e. The third kappa shape index (κ3) is 3.12. The van der Waals surface area contributed by atoms with E-state index in [2.05, 4.69) is 0 Å². The van der Waals surface area contributed by atoms with Crippen LogP contribution in [0.2, 0.25) is 0 Å². The van der Waals surface area contributed by atoms with Gasteiger partial charge in [0.2, 0.25) is 0 Å². The van der Waals surface area contributed by atoms with Crippen LogP contribution in [-0.4, -0.2) is 19.8 Å². The first kappa shape index (κ1) is 15.3. The van der Waals surface area contributed by atoms with Gasteiger partial charge in [-0.3, -0.25) is 0 Å². The van der Waals surface area contributed by atoms with Crippen LogP contribution in [0.1, 0.15) is 11.1 Å². The van der Waals surface area contributed by atoms with E-state index in [0.29, 0.717) is 10.9 Å². The van der Waals surface area contributed by atoms with Gasteiger partial charge in [0.15, 0.2) is 9.84 Å². The van der Waals surface area contributed by atoms with Crippen molar-refractivity contribution in [1.29, 1.82) is 0 Å². The molecule has 0 unspecified atom stereocenters. The van der Waals surface area contributed by atoms with E-state index in [0.717, 1.165) is 17.2 Å². The number of rotatable bonds is 3. The number of hydrogen-bond donors (Lipinski definition) is 1. The number of fused-ring (bicyclic) bond motifs is 1. The zero-order chi connectivity index (χ0) is 16.4. The first-order chi connectivity index (χ1) is 11.0. The van der Waals surface area contributed by atoms with E-state index in [1.165, 1.54) is 6.07 Å². The fraction of sp³-hybridized carbons (Fsp3) is 0.0526. The average molecular weight is 324 g/mol. The van der Waals surface area contributed by atoms with Crippen LogP contribution in [-0.2, 0) is 9.84 Å². The van der Waals surface area contributed by atoms with Gasteiger partial charge in [-0.15, -0.1) is 0 Å². The lowest BCUT2D eigenvalue weighted by Crippen LogP contribution is -2.01. The highest BCUT2D eigenvalue weighted by Gasteiger charge is 2.20. The van der Waals surface area contributed by atoms with Crippen LogP contribution in [0.5, 0.6) is 5.75 Å². The molecule has 23 heavy (non-hydrogen) atoms. The van der Waals surface area contributed by atoms with Crippen LogP contribution >= 0.6 is 0 Å². The average Bonchev–Trinajstić information content (AvgIpc) is 2.53. The molecule has 0 aliphatic rings. The number of phenols is 1. The van der Waals surface area contributed by atoms with Gasteiger partial charge in [0.05, 0.1) is 4.91 Å². The van der Waals surface area contributed by atoms with Crippen LogP contribution in [0.3, 0.4) is 0 Å². The Morgan fingerprint density at radius 2 is 1.57 bits per heavy atom. The lowest BCUT2D eigenvalue weighted by Gasteiger charge is -2.12. The van der Waals surface area contributed by atoms with Gasteiger partial charge in [0.25, 0.3) is 0 Å². The molecule has 0 aromatic heterocycles. The molecular weight excluding hydrogens is 308 g/mol. The van der Waals surface area contributed by atoms with Crippen molar-refractivity contribution in [3.8, 4) is 5.75 Å². The summed E-state index contributed by atoms with van der Waals surface area (Å²) in [4.78, 5) is 0.109. The second-order valence-electron chi connectivity index (χ2n) is 5.37. The molecule has 0 saturated heterocycles. The molecule has 4 heteroatoms.